The normalized spacial score (nSPS) is 10.7. The molecule has 0 spiro atoms. The third kappa shape index (κ3) is 3.72. The van der Waals surface area contributed by atoms with Crippen molar-refractivity contribution in [2.24, 2.45) is 0 Å². The van der Waals surface area contributed by atoms with Crippen LogP contribution in [0.25, 0.3) is 10.9 Å². The van der Waals surface area contributed by atoms with E-state index in [4.69, 9.17) is 4.74 Å². The zero-order valence-electron chi connectivity index (χ0n) is 13.1. The van der Waals surface area contributed by atoms with Crippen LogP contribution < -0.4 is 10.1 Å². The molecule has 0 saturated heterocycles. The van der Waals surface area contributed by atoms with Crippen molar-refractivity contribution in [1.82, 2.24) is 10.3 Å². The van der Waals surface area contributed by atoms with Gasteiger partial charge in [0.1, 0.15) is 5.75 Å². The highest BCUT2D eigenvalue weighted by atomic mass is 16.5. The summed E-state index contributed by atoms with van der Waals surface area (Å²) in [7, 11) is 1.64. The van der Waals surface area contributed by atoms with Crippen molar-refractivity contribution in [3.05, 3.63) is 65.9 Å². The zero-order chi connectivity index (χ0) is 16.1. The minimum atomic E-state index is 0.0559. The van der Waals surface area contributed by atoms with Crippen molar-refractivity contribution in [2.75, 3.05) is 7.11 Å². The summed E-state index contributed by atoms with van der Waals surface area (Å²) in [4.78, 5) is 15.3. The van der Waals surface area contributed by atoms with Gasteiger partial charge in [0, 0.05) is 30.1 Å². The number of benzene rings is 2. The van der Waals surface area contributed by atoms with Crippen LogP contribution in [-0.4, -0.2) is 18.0 Å². The van der Waals surface area contributed by atoms with Gasteiger partial charge in [-0.2, -0.15) is 0 Å². The van der Waals surface area contributed by atoms with Crippen molar-refractivity contribution >= 4 is 16.8 Å². The molecule has 1 heterocycles. The maximum absolute atomic E-state index is 12.1. The van der Waals surface area contributed by atoms with Crippen molar-refractivity contribution < 1.29 is 9.53 Å². The average molecular weight is 308 g/mol. The molecule has 4 heteroatoms. The summed E-state index contributed by atoms with van der Waals surface area (Å²) < 4.78 is 5.18. The van der Waals surface area contributed by atoms with Crippen LogP contribution in [0.2, 0.25) is 0 Å². The van der Waals surface area contributed by atoms with Crippen LogP contribution in [0.4, 0.5) is 0 Å². The Morgan fingerprint density at radius 3 is 2.91 bits per heavy atom. The lowest BCUT2D eigenvalue weighted by atomic mass is 10.1. The highest BCUT2D eigenvalue weighted by Crippen LogP contribution is 2.18. The van der Waals surface area contributed by atoms with Crippen LogP contribution in [0.1, 0.15) is 17.5 Å². The third-order valence-corrected chi connectivity index (χ3v) is 3.93. The number of nitrogens with one attached hydrogen (secondary N) is 2. The van der Waals surface area contributed by atoms with E-state index in [1.165, 1.54) is 10.9 Å². The predicted molar refractivity (Wildman–Crippen MR) is 91.5 cm³/mol. The molecule has 3 aromatic rings. The number of rotatable bonds is 6. The minimum absolute atomic E-state index is 0.0559. The Morgan fingerprint density at radius 1 is 1.17 bits per heavy atom. The lowest BCUT2D eigenvalue weighted by Gasteiger charge is -2.07. The van der Waals surface area contributed by atoms with Crippen molar-refractivity contribution in [1.29, 1.82) is 0 Å². The molecule has 0 aliphatic heterocycles. The molecule has 2 aromatic carbocycles. The van der Waals surface area contributed by atoms with Crippen molar-refractivity contribution in [3.8, 4) is 5.75 Å². The van der Waals surface area contributed by atoms with Crippen LogP contribution in [0.15, 0.2) is 54.7 Å². The Hall–Kier alpha value is -2.75. The van der Waals surface area contributed by atoms with E-state index in [1.807, 2.05) is 42.6 Å². The Bertz CT molecular complexity index is 808. The second kappa shape index (κ2) is 7.01. The van der Waals surface area contributed by atoms with E-state index in [1.54, 1.807) is 7.11 Å². The second-order valence-corrected chi connectivity index (χ2v) is 5.48. The molecule has 2 N–H and O–H groups in total. The topological polar surface area (TPSA) is 54.1 Å². The second-order valence-electron chi connectivity index (χ2n) is 5.48. The van der Waals surface area contributed by atoms with Gasteiger partial charge in [0.2, 0.25) is 5.91 Å². The molecule has 4 nitrogen and oxygen atoms in total. The molecule has 1 amide bonds. The quantitative estimate of drug-likeness (QED) is 0.733. The maximum Gasteiger partial charge on any atom is 0.220 e. The molecular formula is C19H20N2O2. The van der Waals surface area contributed by atoms with Gasteiger partial charge in [-0.05, 0) is 41.8 Å². The number of hydrogen-bond acceptors (Lipinski definition) is 2. The fraction of sp³-hybridized carbons (Fsp3) is 0.211. The number of aryl methyl sites for hydroxylation is 1. The van der Waals surface area contributed by atoms with Crippen LogP contribution in [0.3, 0.4) is 0 Å². The van der Waals surface area contributed by atoms with Crippen LogP contribution in [0.5, 0.6) is 5.75 Å². The number of carbonyl (C=O) groups excluding carboxylic acids is 1. The molecule has 118 valence electrons. The first kappa shape index (κ1) is 15.2. The van der Waals surface area contributed by atoms with E-state index in [-0.39, 0.29) is 5.91 Å². The van der Waals surface area contributed by atoms with Crippen LogP contribution in [0, 0.1) is 0 Å². The number of aromatic amines is 1. The van der Waals surface area contributed by atoms with E-state index in [0.29, 0.717) is 13.0 Å². The van der Waals surface area contributed by atoms with Gasteiger partial charge < -0.3 is 15.0 Å². The van der Waals surface area contributed by atoms with Gasteiger partial charge in [-0.15, -0.1) is 0 Å². The largest absolute Gasteiger partial charge is 0.497 e. The molecule has 0 aliphatic rings. The summed E-state index contributed by atoms with van der Waals surface area (Å²) in [6.45, 7) is 0.518. The van der Waals surface area contributed by atoms with Gasteiger partial charge in [0.05, 0.1) is 7.11 Å². The lowest BCUT2D eigenvalue weighted by molar-refractivity contribution is -0.121. The maximum atomic E-state index is 12.1. The fourth-order valence-corrected chi connectivity index (χ4v) is 2.69. The van der Waals surface area contributed by atoms with Gasteiger partial charge in [-0.1, -0.05) is 24.3 Å². The first-order chi connectivity index (χ1) is 11.3. The lowest BCUT2D eigenvalue weighted by Crippen LogP contribution is -2.23. The summed E-state index contributed by atoms with van der Waals surface area (Å²) in [6.07, 6.45) is 3.14. The van der Waals surface area contributed by atoms with E-state index < -0.39 is 0 Å². The fourth-order valence-electron chi connectivity index (χ4n) is 2.69. The van der Waals surface area contributed by atoms with Crippen molar-refractivity contribution in [2.45, 2.75) is 19.4 Å². The van der Waals surface area contributed by atoms with Gasteiger partial charge >= 0.3 is 0 Å². The summed E-state index contributed by atoms with van der Waals surface area (Å²) in [6, 6.07) is 15.9. The molecule has 0 bridgehead atoms. The van der Waals surface area contributed by atoms with Gasteiger partial charge in [0.15, 0.2) is 0 Å². The highest BCUT2D eigenvalue weighted by Gasteiger charge is 2.06. The molecule has 0 saturated carbocycles. The minimum Gasteiger partial charge on any atom is -0.497 e. The van der Waals surface area contributed by atoms with Gasteiger partial charge in [-0.25, -0.2) is 0 Å². The van der Waals surface area contributed by atoms with E-state index >= 15 is 0 Å². The third-order valence-electron chi connectivity index (χ3n) is 3.93. The standard InChI is InChI=1S/C19H20N2O2/c1-23-16-6-2-4-14(12-16)13-21-19(22)9-8-15-5-3-7-18-17(15)10-11-20-18/h2-7,10-12,20H,8-9,13H2,1H3,(H,21,22). The first-order valence-corrected chi connectivity index (χ1v) is 7.71. The summed E-state index contributed by atoms with van der Waals surface area (Å²) >= 11 is 0. The number of ether oxygens (including phenoxy) is 1. The van der Waals surface area contributed by atoms with Crippen LogP contribution in [-0.2, 0) is 17.8 Å². The summed E-state index contributed by atoms with van der Waals surface area (Å²) in [5.41, 5.74) is 3.34. The molecule has 0 radical (unpaired) electrons. The van der Waals surface area contributed by atoms with Gasteiger partial charge in [0.25, 0.3) is 0 Å². The number of hydrogen-bond donors (Lipinski definition) is 2. The first-order valence-electron chi connectivity index (χ1n) is 7.71. The molecule has 0 atom stereocenters. The highest BCUT2D eigenvalue weighted by molar-refractivity contribution is 5.84. The monoisotopic (exact) mass is 308 g/mol. The SMILES string of the molecule is COc1cccc(CNC(=O)CCc2cccc3[nH]ccc23)c1. The number of fused-ring (bicyclic) bond motifs is 1. The Kier molecular flexibility index (Phi) is 4.62. The Labute approximate surface area is 135 Å². The van der Waals surface area contributed by atoms with Gasteiger partial charge in [-0.3, -0.25) is 4.79 Å². The van der Waals surface area contributed by atoms with E-state index in [9.17, 15) is 4.79 Å². The van der Waals surface area contributed by atoms with Crippen LogP contribution >= 0.6 is 0 Å². The molecule has 0 fully saturated rings. The summed E-state index contributed by atoms with van der Waals surface area (Å²) in [5.74, 6) is 0.858. The number of methoxy groups -OCH3 is 1. The smallest absolute Gasteiger partial charge is 0.220 e. The molecule has 1 aromatic heterocycles. The number of aromatic nitrogens is 1. The predicted octanol–water partition coefficient (Wildman–Crippen LogP) is 3.43. The Balaban J connectivity index is 1.54. The zero-order valence-corrected chi connectivity index (χ0v) is 13.1. The molecule has 23 heavy (non-hydrogen) atoms. The number of H-pyrrole nitrogens is 1. The Morgan fingerprint density at radius 2 is 2.04 bits per heavy atom. The van der Waals surface area contributed by atoms with E-state index in [2.05, 4.69) is 22.4 Å². The average Bonchev–Trinajstić information content (AvgIpc) is 3.07. The van der Waals surface area contributed by atoms with E-state index in [0.717, 1.165) is 23.3 Å². The molecule has 3 rings (SSSR count). The number of amides is 1. The molecular weight excluding hydrogens is 288 g/mol. The molecule has 0 aliphatic carbocycles. The number of carbonyl (C=O) groups is 1. The summed E-state index contributed by atoms with van der Waals surface area (Å²) in [5, 5.41) is 4.15. The molecule has 0 unspecified atom stereocenters. The van der Waals surface area contributed by atoms with Crippen molar-refractivity contribution in [3.63, 3.8) is 0 Å².